The molecule has 1 heterocycles. The second kappa shape index (κ2) is 7.48. The van der Waals surface area contributed by atoms with Crippen molar-refractivity contribution in [2.45, 2.75) is 6.54 Å². The summed E-state index contributed by atoms with van der Waals surface area (Å²) in [4.78, 5) is 0. The topological polar surface area (TPSA) is 75.7 Å². The van der Waals surface area contributed by atoms with Crippen molar-refractivity contribution < 1.29 is 4.74 Å². The molecule has 6 nitrogen and oxygen atoms in total. The fraction of sp³-hybridized carbons (Fsp3) is 0.0500. The number of benzene rings is 3. The highest BCUT2D eigenvalue weighted by Crippen LogP contribution is 2.23. The normalized spacial score (nSPS) is 10.5. The van der Waals surface area contributed by atoms with Crippen LogP contribution in [0.5, 0.6) is 11.5 Å². The second-order valence-electron chi connectivity index (χ2n) is 5.73. The van der Waals surface area contributed by atoms with Crippen molar-refractivity contribution in [2.75, 3.05) is 5.32 Å². The Morgan fingerprint density at radius 1 is 0.846 bits per heavy atom. The molecule has 4 rings (SSSR count). The maximum Gasteiger partial charge on any atom is 0.204 e. The van der Waals surface area contributed by atoms with Crippen LogP contribution in [0.3, 0.4) is 0 Å². The van der Waals surface area contributed by atoms with E-state index >= 15 is 0 Å². The van der Waals surface area contributed by atoms with E-state index in [0.717, 1.165) is 28.3 Å². The molecule has 4 aromatic rings. The summed E-state index contributed by atoms with van der Waals surface area (Å²) in [5.74, 6) is 2.22. The lowest BCUT2D eigenvalue weighted by Gasteiger charge is -2.10. The van der Waals surface area contributed by atoms with Crippen molar-refractivity contribution in [1.82, 2.24) is 20.6 Å². The van der Waals surface area contributed by atoms with Crippen LogP contribution in [-0.4, -0.2) is 20.6 Å². The largest absolute Gasteiger partial charge is 0.457 e. The first-order chi connectivity index (χ1) is 12.9. The highest BCUT2D eigenvalue weighted by Gasteiger charge is 2.04. The monoisotopic (exact) mass is 343 g/mol. The quantitative estimate of drug-likeness (QED) is 0.547. The fourth-order valence-corrected chi connectivity index (χ4v) is 2.60. The van der Waals surface area contributed by atoms with Crippen LogP contribution in [0.25, 0.3) is 11.4 Å². The molecule has 0 aliphatic carbocycles. The summed E-state index contributed by atoms with van der Waals surface area (Å²) in [6.45, 7) is 0.682. The SMILES string of the molecule is c1ccc(Oc2cccc(CNc3cccc(-c4nn[nH]n4)c3)c2)cc1. The van der Waals surface area contributed by atoms with Gasteiger partial charge in [0.05, 0.1) is 0 Å². The molecule has 0 unspecified atom stereocenters. The molecule has 128 valence electrons. The number of aromatic amines is 1. The lowest BCUT2D eigenvalue weighted by atomic mass is 10.1. The fourth-order valence-electron chi connectivity index (χ4n) is 2.60. The first kappa shape index (κ1) is 15.8. The third-order valence-electron chi connectivity index (χ3n) is 3.84. The van der Waals surface area contributed by atoms with Gasteiger partial charge in [-0.2, -0.15) is 5.21 Å². The van der Waals surface area contributed by atoms with Gasteiger partial charge in [0.15, 0.2) is 0 Å². The zero-order valence-corrected chi connectivity index (χ0v) is 14.0. The Morgan fingerprint density at radius 3 is 2.54 bits per heavy atom. The zero-order valence-electron chi connectivity index (χ0n) is 14.0. The number of hydrogen-bond acceptors (Lipinski definition) is 5. The molecule has 6 heteroatoms. The summed E-state index contributed by atoms with van der Waals surface area (Å²) < 4.78 is 5.88. The predicted octanol–water partition coefficient (Wildman–Crippen LogP) is 4.27. The summed E-state index contributed by atoms with van der Waals surface area (Å²) in [5, 5.41) is 17.5. The van der Waals surface area contributed by atoms with Crippen LogP contribution >= 0.6 is 0 Å². The number of anilines is 1. The van der Waals surface area contributed by atoms with Gasteiger partial charge in [-0.1, -0.05) is 42.5 Å². The van der Waals surface area contributed by atoms with Crippen molar-refractivity contribution in [3.63, 3.8) is 0 Å². The third-order valence-corrected chi connectivity index (χ3v) is 3.84. The van der Waals surface area contributed by atoms with Gasteiger partial charge in [-0.3, -0.25) is 0 Å². The molecular formula is C20H17N5O. The van der Waals surface area contributed by atoms with Crippen LogP contribution in [0.2, 0.25) is 0 Å². The molecule has 0 aliphatic rings. The van der Waals surface area contributed by atoms with E-state index in [1.807, 2.05) is 72.8 Å². The Kier molecular flexibility index (Phi) is 4.56. The van der Waals surface area contributed by atoms with Crippen molar-refractivity contribution in [1.29, 1.82) is 0 Å². The van der Waals surface area contributed by atoms with Crippen molar-refractivity contribution in [3.8, 4) is 22.9 Å². The molecule has 0 saturated heterocycles. The molecular weight excluding hydrogens is 326 g/mol. The second-order valence-corrected chi connectivity index (χ2v) is 5.73. The van der Waals surface area contributed by atoms with Crippen molar-refractivity contribution in [2.24, 2.45) is 0 Å². The number of H-pyrrole nitrogens is 1. The van der Waals surface area contributed by atoms with E-state index in [2.05, 4.69) is 32.0 Å². The minimum absolute atomic E-state index is 0.576. The summed E-state index contributed by atoms with van der Waals surface area (Å²) in [5.41, 5.74) is 3.02. The maximum absolute atomic E-state index is 5.88. The molecule has 0 radical (unpaired) electrons. The van der Waals surface area contributed by atoms with E-state index in [1.54, 1.807) is 0 Å². The van der Waals surface area contributed by atoms with Crippen molar-refractivity contribution in [3.05, 3.63) is 84.4 Å². The van der Waals surface area contributed by atoms with Crippen LogP contribution in [0.15, 0.2) is 78.9 Å². The molecule has 2 N–H and O–H groups in total. The number of tetrazole rings is 1. The van der Waals surface area contributed by atoms with E-state index in [4.69, 9.17) is 4.74 Å². The summed E-state index contributed by atoms with van der Waals surface area (Å²) in [6.07, 6.45) is 0. The summed E-state index contributed by atoms with van der Waals surface area (Å²) in [7, 11) is 0. The minimum Gasteiger partial charge on any atom is -0.457 e. The highest BCUT2D eigenvalue weighted by molar-refractivity contribution is 5.61. The Hall–Kier alpha value is -3.67. The molecule has 0 atom stereocenters. The highest BCUT2D eigenvalue weighted by atomic mass is 16.5. The predicted molar refractivity (Wildman–Crippen MR) is 99.9 cm³/mol. The molecule has 0 bridgehead atoms. The molecule has 1 aromatic heterocycles. The molecule has 26 heavy (non-hydrogen) atoms. The van der Waals surface area contributed by atoms with E-state index in [1.165, 1.54) is 0 Å². The van der Waals surface area contributed by atoms with E-state index in [9.17, 15) is 0 Å². The average Bonchev–Trinajstić information content (AvgIpc) is 3.23. The van der Waals surface area contributed by atoms with E-state index in [-0.39, 0.29) is 0 Å². The number of rotatable bonds is 6. The van der Waals surface area contributed by atoms with E-state index in [0.29, 0.717) is 12.4 Å². The van der Waals surface area contributed by atoms with Gasteiger partial charge >= 0.3 is 0 Å². The average molecular weight is 343 g/mol. The van der Waals surface area contributed by atoms with Crippen LogP contribution in [-0.2, 0) is 6.54 Å². The third kappa shape index (κ3) is 3.87. The Bertz CT molecular complexity index is 970. The molecule has 0 spiro atoms. The van der Waals surface area contributed by atoms with Gasteiger partial charge in [0.1, 0.15) is 11.5 Å². The Morgan fingerprint density at radius 2 is 1.69 bits per heavy atom. The lowest BCUT2D eigenvalue weighted by Crippen LogP contribution is -1.99. The van der Waals surface area contributed by atoms with Gasteiger partial charge < -0.3 is 10.1 Å². The number of ether oxygens (including phenoxy) is 1. The smallest absolute Gasteiger partial charge is 0.204 e. The molecule has 0 amide bonds. The van der Waals surface area contributed by atoms with Crippen LogP contribution in [0, 0.1) is 0 Å². The molecule has 0 fully saturated rings. The number of nitrogens with zero attached hydrogens (tertiary/aromatic N) is 3. The maximum atomic E-state index is 5.88. The van der Waals surface area contributed by atoms with Crippen LogP contribution in [0.4, 0.5) is 5.69 Å². The van der Waals surface area contributed by atoms with Gasteiger partial charge in [0.2, 0.25) is 5.82 Å². The summed E-state index contributed by atoms with van der Waals surface area (Å²) >= 11 is 0. The molecule has 0 aliphatic heterocycles. The lowest BCUT2D eigenvalue weighted by molar-refractivity contribution is 0.482. The number of nitrogens with one attached hydrogen (secondary N) is 2. The van der Waals surface area contributed by atoms with Crippen molar-refractivity contribution >= 4 is 5.69 Å². The van der Waals surface area contributed by atoms with Gasteiger partial charge in [-0.25, -0.2) is 0 Å². The van der Waals surface area contributed by atoms with Gasteiger partial charge in [0.25, 0.3) is 0 Å². The van der Waals surface area contributed by atoms with Gasteiger partial charge in [-0.15, -0.1) is 10.2 Å². The Labute approximate surface area is 150 Å². The minimum atomic E-state index is 0.576. The number of para-hydroxylation sites is 1. The van der Waals surface area contributed by atoms with E-state index < -0.39 is 0 Å². The Balaban J connectivity index is 1.43. The first-order valence-corrected chi connectivity index (χ1v) is 8.26. The zero-order chi connectivity index (χ0) is 17.6. The van der Waals surface area contributed by atoms with Gasteiger partial charge in [0, 0.05) is 17.8 Å². The molecule has 3 aromatic carbocycles. The van der Waals surface area contributed by atoms with Crippen LogP contribution < -0.4 is 10.1 Å². The van der Waals surface area contributed by atoms with Crippen LogP contribution in [0.1, 0.15) is 5.56 Å². The number of hydrogen-bond donors (Lipinski definition) is 2. The molecule has 0 saturated carbocycles. The first-order valence-electron chi connectivity index (χ1n) is 8.26. The summed E-state index contributed by atoms with van der Waals surface area (Å²) in [6, 6.07) is 25.7. The standard InChI is InChI=1S/C20H17N5O/c1-2-9-18(10-3-1)26-19-11-4-6-15(12-19)14-21-17-8-5-7-16(13-17)20-22-24-25-23-20/h1-13,21H,14H2,(H,22,23,24,25). The van der Waals surface area contributed by atoms with Gasteiger partial charge in [-0.05, 0) is 47.2 Å². The number of aromatic nitrogens is 4.